The summed E-state index contributed by atoms with van der Waals surface area (Å²) in [5.41, 5.74) is 2.61. The molecule has 0 aliphatic carbocycles. The summed E-state index contributed by atoms with van der Waals surface area (Å²) in [6, 6.07) is 12.7. The van der Waals surface area contributed by atoms with Crippen LogP contribution in [0.4, 0.5) is 8.78 Å². The first-order valence-corrected chi connectivity index (χ1v) is 11.2. The summed E-state index contributed by atoms with van der Waals surface area (Å²) >= 11 is -2.14. The number of benzene rings is 2. The number of fused-ring (bicyclic) bond motifs is 1. The van der Waals surface area contributed by atoms with E-state index in [0.29, 0.717) is 29.3 Å². The second kappa shape index (κ2) is 10.0. The van der Waals surface area contributed by atoms with Crippen LogP contribution in [0.1, 0.15) is 27.9 Å². The minimum absolute atomic E-state index is 0.209. The Morgan fingerprint density at radius 1 is 1.06 bits per heavy atom. The number of pyridine rings is 2. The maximum absolute atomic E-state index is 14.5. The lowest BCUT2D eigenvalue weighted by Crippen LogP contribution is -2.18. The molecule has 1 atom stereocenters. The van der Waals surface area contributed by atoms with Crippen LogP contribution in [0.15, 0.2) is 67.1 Å². The zero-order chi connectivity index (χ0) is 23.4. The van der Waals surface area contributed by atoms with Crippen LogP contribution in [-0.4, -0.2) is 31.1 Å². The molecule has 2 aromatic heterocycles. The van der Waals surface area contributed by atoms with Gasteiger partial charge in [0.15, 0.2) is 17.4 Å². The molecule has 0 spiro atoms. The molecular weight excluding hydrogens is 448 g/mol. The quantitative estimate of drug-likeness (QED) is 0.227. The molecule has 168 valence electrons. The molecule has 0 bridgehead atoms. The molecule has 0 saturated carbocycles. The number of rotatable bonds is 8. The van der Waals surface area contributed by atoms with Gasteiger partial charge in [0.2, 0.25) is 11.3 Å². The van der Waals surface area contributed by atoms with E-state index in [9.17, 15) is 17.8 Å². The van der Waals surface area contributed by atoms with Gasteiger partial charge in [0.25, 0.3) is 0 Å². The fourth-order valence-corrected chi connectivity index (χ4v) is 3.85. The SMILES string of the molecule is O=C(c1ccc2ncc(-c3cccnc3)cc2c1)c1cc(CCCNS(=O)O)cc(F)c1F. The summed E-state index contributed by atoms with van der Waals surface area (Å²) in [5, 5.41) is 0.683. The summed E-state index contributed by atoms with van der Waals surface area (Å²) in [4.78, 5) is 21.6. The minimum Gasteiger partial charge on any atom is -0.294 e. The normalized spacial score (nSPS) is 12.1. The molecule has 9 heteroatoms. The first kappa shape index (κ1) is 22.8. The van der Waals surface area contributed by atoms with Gasteiger partial charge in [0.1, 0.15) is 0 Å². The molecule has 4 rings (SSSR count). The smallest absolute Gasteiger partial charge is 0.231 e. The van der Waals surface area contributed by atoms with E-state index in [2.05, 4.69) is 14.7 Å². The number of aryl methyl sites for hydroxylation is 1. The standard InChI is InChI=1S/C24H19F2N3O3S/c25-21-10-15(3-1-8-29-33(31)32)9-20(23(21)26)24(30)16-5-6-22-18(11-16)12-19(14-28-22)17-4-2-7-27-13-17/h2,4-7,9-14,29H,1,3,8H2,(H,31,32). The van der Waals surface area contributed by atoms with E-state index in [1.807, 2.05) is 18.2 Å². The Morgan fingerprint density at radius 2 is 1.91 bits per heavy atom. The molecular formula is C24H19F2N3O3S. The predicted molar refractivity (Wildman–Crippen MR) is 122 cm³/mol. The molecule has 2 aromatic carbocycles. The Labute approximate surface area is 191 Å². The fraction of sp³-hybridized carbons (Fsp3) is 0.125. The number of hydrogen-bond donors (Lipinski definition) is 2. The van der Waals surface area contributed by atoms with Gasteiger partial charge in [-0.3, -0.25) is 19.3 Å². The highest BCUT2D eigenvalue weighted by Crippen LogP contribution is 2.25. The van der Waals surface area contributed by atoms with Crippen LogP contribution >= 0.6 is 0 Å². The lowest BCUT2D eigenvalue weighted by molar-refractivity contribution is 0.103. The van der Waals surface area contributed by atoms with Crippen LogP contribution in [0.3, 0.4) is 0 Å². The number of aromatic nitrogens is 2. The summed E-state index contributed by atoms with van der Waals surface area (Å²) in [5.74, 6) is -2.96. The van der Waals surface area contributed by atoms with Crippen LogP contribution in [0, 0.1) is 11.6 Å². The molecule has 2 N–H and O–H groups in total. The second-order valence-corrected chi connectivity index (χ2v) is 8.18. The molecule has 2 heterocycles. The van der Waals surface area contributed by atoms with Crippen molar-refractivity contribution in [1.82, 2.24) is 14.7 Å². The number of halogens is 2. The number of nitrogens with zero attached hydrogens (tertiary/aromatic N) is 2. The number of carbonyl (C=O) groups is 1. The summed E-state index contributed by atoms with van der Waals surface area (Å²) in [7, 11) is 0. The molecule has 6 nitrogen and oxygen atoms in total. The Hall–Kier alpha value is -3.40. The largest absolute Gasteiger partial charge is 0.294 e. The van der Waals surface area contributed by atoms with Crippen LogP contribution in [0.25, 0.3) is 22.0 Å². The van der Waals surface area contributed by atoms with E-state index in [1.165, 1.54) is 12.1 Å². The summed E-state index contributed by atoms with van der Waals surface area (Å²) < 4.78 is 50.4. The van der Waals surface area contributed by atoms with Crippen molar-refractivity contribution < 1.29 is 22.3 Å². The van der Waals surface area contributed by atoms with Gasteiger partial charge in [0, 0.05) is 47.2 Å². The third-order valence-electron chi connectivity index (χ3n) is 5.14. The monoisotopic (exact) mass is 467 g/mol. The number of carbonyl (C=O) groups excluding carboxylic acids is 1. The van der Waals surface area contributed by atoms with E-state index in [4.69, 9.17) is 4.55 Å². The highest BCUT2D eigenvalue weighted by Gasteiger charge is 2.19. The lowest BCUT2D eigenvalue weighted by Gasteiger charge is -2.09. The van der Waals surface area contributed by atoms with Crippen LogP contribution in [0.2, 0.25) is 0 Å². The first-order chi connectivity index (χ1) is 15.9. The van der Waals surface area contributed by atoms with Gasteiger partial charge in [-0.05, 0) is 60.9 Å². The van der Waals surface area contributed by atoms with Gasteiger partial charge in [-0.25, -0.2) is 17.7 Å². The lowest BCUT2D eigenvalue weighted by atomic mass is 9.97. The van der Waals surface area contributed by atoms with Gasteiger partial charge < -0.3 is 0 Å². The predicted octanol–water partition coefficient (Wildman–Crippen LogP) is 4.46. The third kappa shape index (κ3) is 5.33. The molecule has 0 saturated heterocycles. The molecule has 4 aromatic rings. The Kier molecular flexibility index (Phi) is 6.93. The average Bonchev–Trinajstić information content (AvgIpc) is 2.83. The van der Waals surface area contributed by atoms with Crippen molar-refractivity contribution in [3.63, 3.8) is 0 Å². The maximum Gasteiger partial charge on any atom is 0.231 e. The van der Waals surface area contributed by atoms with Crippen molar-refractivity contribution in [3.8, 4) is 11.1 Å². The zero-order valence-electron chi connectivity index (χ0n) is 17.3. The molecule has 0 radical (unpaired) electrons. The van der Waals surface area contributed by atoms with E-state index in [1.54, 1.807) is 30.7 Å². The van der Waals surface area contributed by atoms with Crippen molar-refractivity contribution in [2.45, 2.75) is 12.8 Å². The second-order valence-electron chi connectivity index (χ2n) is 7.39. The minimum atomic E-state index is -2.14. The number of ketones is 1. The molecule has 0 aliphatic heterocycles. The molecule has 0 amide bonds. The van der Waals surface area contributed by atoms with Crippen molar-refractivity contribution >= 4 is 28.0 Å². The average molecular weight is 467 g/mol. The van der Waals surface area contributed by atoms with Crippen molar-refractivity contribution in [2.75, 3.05) is 6.54 Å². The topological polar surface area (TPSA) is 92.2 Å². The zero-order valence-corrected chi connectivity index (χ0v) is 18.1. The Bertz CT molecular complexity index is 1350. The van der Waals surface area contributed by atoms with Gasteiger partial charge in [-0.2, -0.15) is 0 Å². The third-order valence-corrected chi connectivity index (χ3v) is 5.59. The van der Waals surface area contributed by atoms with E-state index < -0.39 is 28.7 Å². The highest BCUT2D eigenvalue weighted by molar-refractivity contribution is 7.77. The highest BCUT2D eigenvalue weighted by atomic mass is 32.2. The van der Waals surface area contributed by atoms with Crippen LogP contribution in [-0.2, 0) is 17.7 Å². The summed E-state index contributed by atoms with van der Waals surface area (Å²) in [6.45, 7) is 0.211. The Balaban J connectivity index is 1.64. The number of nitrogens with one attached hydrogen (secondary N) is 1. The maximum atomic E-state index is 14.5. The van der Waals surface area contributed by atoms with Crippen molar-refractivity contribution in [2.24, 2.45) is 0 Å². The van der Waals surface area contributed by atoms with Gasteiger partial charge in [-0.1, -0.05) is 6.07 Å². The van der Waals surface area contributed by atoms with Crippen LogP contribution < -0.4 is 4.72 Å². The van der Waals surface area contributed by atoms with Crippen LogP contribution in [0.5, 0.6) is 0 Å². The summed E-state index contributed by atoms with van der Waals surface area (Å²) in [6.07, 6.45) is 5.79. The van der Waals surface area contributed by atoms with Gasteiger partial charge in [-0.15, -0.1) is 0 Å². The fourth-order valence-electron chi connectivity index (χ4n) is 3.53. The number of hydrogen-bond acceptors (Lipinski definition) is 4. The van der Waals surface area contributed by atoms with E-state index in [0.717, 1.165) is 17.2 Å². The van der Waals surface area contributed by atoms with Crippen molar-refractivity contribution in [1.29, 1.82) is 0 Å². The van der Waals surface area contributed by atoms with E-state index in [-0.39, 0.29) is 17.7 Å². The molecule has 1 unspecified atom stereocenters. The van der Waals surface area contributed by atoms with Crippen molar-refractivity contribution in [3.05, 3.63) is 95.4 Å². The molecule has 33 heavy (non-hydrogen) atoms. The van der Waals surface area contributed by atoms with Gasteiger partial charge in [0.05, 0.1) is 11.1 Å². The Morgan fingerprint density at radius 3 is 2.67 bits per heavy atom. The van der Waals surface area contributed by atoms with Gasteiger partial charge >= 0.3 is 0 Å². The molecule has 0 fully saturated rings. The molecule has 0 aliphatic rings. The first-order valence-electron chi connectivity index (χ1n) is 10.1. The van der Waals surface area contributed by atoms with E-state index >= 15 is 0 Å².